The molecule has 1 unspecified atom stereocenters. The molecule has 21 heavy (non-hydrogen) atoms. The molecule has 0 radical (unpaired) electrons. The molecule has 1 atom stereocenters. The molecule has 0 saturated heterocycles. The zero-order valence-electron chi connectivity index (χ0n) is 12.5. The second-order valence-corrected chi connectivity index (χ2v) is 6.63. The Kier molecular flexibility index (Phi) is 9.55. The predicted molar refractivity (Wildman–Crippen MR) is 89.9 cm³/mol. The maximum absolute atomic E-state index is 11.8. The lowest BCUT2D eigenvalue weighted by Crippen LogP contribution is -2.29. The highest BCUT2D eigenvalue weighted by Crippen LogP contribution is 2.20. The number of thioether (sulfide) groups is 1. The van der Waals surface area contributed by atoms with Crippen molar-refractivity contribution in [2.24, 2.45) is 5.92 Å². The lowest BCUT2D eigenvalue weighted by molar-refractivity contribution is -0.120. The molecular formula is C16H24ClNO2S. The van der Waals surface area contributed by atoms with Gasteiger partial charge in [0.25, 0.3) is 0 Å². The van der Waals surface area contributed by atoms with E-state index in [0.717, 1.165) is 34.9 Å². The lowest BCUT2D eigenvalue weighted by Gasteiger charge is -2.15. The van der Waals surface area contributed by atoms with Crippen LogP contribution in [-0.2, 0) is 4.79 Å². The summed E-state index contributed by atoms with van der Waals surface area (Å²) in [6.45, 7) is 2.97. The number of amides is 1. The fourth-order valence-corrected chi connectivity index (χ4v) is 3.06. The summed E-state index contributed by atoms with van der Waals surface area (Å²) in [5, 5.41) is 12.7. The summed E-state index contributed by atoms with van der Waals surface area (Å²) < 4.78 is 0. The second kappa shape index (κ2) is 10.9. The van der Waals surface area contributed by atoms with Gasteiger partial charge in [0.2, 0.25) is 5.91 Å². The van der Waals surface area contributed by atoms with E-state index in [9.17, 15) is 4.79 Å². The van der Waals surface area contributed by atoms with Gasteiger partial charge in [0.1, 0.15) is 0 Å². The topological polar surface area (TPSA) is 49.3 Å². The quantitative estimate of drug-likeness (QED) is 0.643. The molecule has 0 aromatic heterocycles. The van der Waals surface area contributed by atoms with Crippen LogP contribution in [0.15, 0.2) is 29.2 Å². The smallest absolute Gasteiger partial charge is 0.220 e. The number of carbonyl (C=O) groups is 1. The Balaban J connectivity index is 2.19. The number of nitrogens with one attached hydrogen (secondary N) is 1. The molecule has 118 valence electrons. The van der Waals surface area contributed by atoms with Crippen molar-refractivity contribution in [2.75, 3.05) is 18.9 Å². The molecule has 3 nitrogen and oxygen atoms in total. The molecule has 0 spiro atoms. The van der Waals surface area contributed by atoms with Gasteiger partial charge in [0, 0.05) is 35.2 Å². The van der Waals surface area contributed by atoms with E-state index in [1.807, 2.05) is 24.3 Å². The number of benzene rings is 1. The minimum absolute atomic E-state index is 0.0792. The average Bonchev–Trinajstić information content (AvgIpc) is 2.47. The summed E-state index contributed by atoms with van der Waals surface area (Å²) in [6.07, 6.45) is 3.38. The molecule has 5 heteroatoms. The Bertz CT molecular complexity index is 405. The Labute approximate surface area is 136 Å². The van der Waals surface area contributed by atoms with Crippen molar-refractivity contribution in [3.63, 3.8) is 0 Å². The van der Waals surface area contributed by atoms with E-state index in [1.165, 1.54) is 0 Å². The van der Waals surface area contributed by atoms with E-state index in [0.29, 0.717) is 18.9 Å². The van der Waals surface area contributed by atoms with Crippen LogP contribution in [0, 0.1) is 5.92 Å². The summed E-state index contributed by atoms with van der Waals surface area (Å²) >= 11 is 7.48. The molecule has 2 N–H and O–H groups in total. The molecule has 1 amide bonds. The normalized spacial score (nSPS) is 12.1. The average molecular weight is 330 g/mol. The summed E-state index contributed by atoms with van der Waals surface area (Å²) in [5.41, 5.74) is 0. The first kappa shape index (κ1) is 18.3. The van der Waals surface area contributed by atoms with Crippen molar-refractivity contribution < 1.29 is 9.90 Å². The zero-order chi connectivity index (χ0) is 15.5. The van der Waals surface area contributed by atoms with Gasteiger partial charge in [-0.25, -0.2) is 0 Å². The standard InChI is InChI=1S/C16H24ClNO2S/c1-2-3-13(8-10-19)12-18-16(20)9-11-21-15-6-4-14(17)5-7-15/h4-7,13,19H,2-3,8-12H2,1H3,(H,18,20). The minimum atomic E-state index is 0.0792. The van der Waals surface area contributed by atoms with Gasteiger partial charge < -0.3 is 10.4 Å². The first-order chi connectivity index (χ1) is 10.2. The largest absolute Gasteiger partial charge is 0.396 e. The van der Waals surface area contributed by atoms with Crippen molar-refractivity contribution >= 4 is 29.3 Å². The molecule has 1 aromatic carbocycles. The van der Waals surface area contributed by atoms with Gasteiger partial charge in [0.05, 0.1) is 0 Å². The molecule has 0 aliphatic heterocycles. The number of rotatable bonds is 10. The molecule has 0 saturated carbocycles. The number of hydrogen-bond acceptors (Lipinski definition) is 3. The minimum Gasteiger partial charge on any atom is -0.396 e. The van der Waals surface area contributed by atoms with Crippen LogP contribution < -0.4 is 5.32 Å². The molecule has 1 aromatic rings. The third kappa shape index (κ3) is 8.34. The fourth-order valence-electron chi connectivity index (χ4n) is 2.08. The molecule has 0 heterocycles. The van der Waals surface area contributed by atoms with Crippen LogP contribution in [0.1, 0.15) is 32.6 Å². The Morgan fingerprint density at radius 1 is 1.33 bits per heavy atom. The monoisotopic (exact) mass is 329 g/mol. The lowest BCUT2D eigenvalue weighted by atomic mass is 10.0. The van der Waals surface area contributed by atoms with E-state index in [-0.39, 0.29) is 12.5 Å². The van der Waals surface area contributed by atoms with Crippen molar-refractivity contribution in [2.45, 2.75) is 37.5 Å². The van der Waals surface area contributed by atoms with Crippen LogP contribution in [-0.4, -0.2) is 29.9 Å². The van der Waals surface area contributed by atoms with E-state index >= 15 is 0 Å². The number of aliphatic hydroxyl groups excluding tert-OH is 1. The van der Waals surface area contributed by atoms with Crippen molar-refractivity contribution in [1.29, 1.82) is 0 Å². The highest BCUT2D eigenvalue weighted by atomic mass is 35.5. The first-order valence-electron chi connectivity index (χ1n) is 7.41. The van der Waals surface area contributed by atoms with Gasteiger partial charge in [-0.05, 0) is 43.0 Å². The maximum atomic E-state index is 11.8. The SMILES string of the molecule is CCCC(CCO)CNC(=O)CCSc1ccc(Cl)cc1. The third-order valence-electron chi connectivity index (χ3n) is 3.23. The zero-order valence-corrected chi connectivity index (χ0v) is 14.1. The number of hydrogen-bond donors (Lipinski definition) is 2. The number of halogens is 1. The highest BCUT2D eigenvalue weighted by molar-refractivity contribution is 7.99. The van der Waals surface area contributed by atoms with Crippen LogP contribution in [0.2, 0.25) is 5.02 Å². The summed E-state index contributed by atoms with van der Waals surface area (Å²) in [4.78, 5) is 12.9. The van der Waals surface area contributed by atoms with E-state index in [2.05, 4.69) is 12.2 Å². The van der Waals surface area contributed by atoms with Crippen LogP contribution >= 0.6 is 23.4 Å². The van der Waals surface area contributed by atoms with Gasteiger partial charge in [-0.1, -0.05) is 24.9 Å². The van der Waals surface area contributed by atoms with Crippen LogP contribution in [0.25, 0.3) is 0 Å². The van der Waals surface area contributed by atoms with Gasteiger partial charge in [0.15, 0.2) is 0 Å². The molecule has 0 bridgehead atoms. The third-order valence-corrected chi connectivity index (χ3v) is 4.50. The maximum Gasteiger partial charge on any atom is 0.220 e. The number of carbonyl (C=O) groups excluding carboxylic acids is 1. The summed E-state index contributed by atoms with van der Waals surface area (Å²) in [6, 6.07) is 7.63. The highest BCUT2D eigenvalue weighted by Gasteiger charge is 2.09. The Hall–Kier alpha value is -0.710. The van der Waals surface area contributed by atoms with E-state index in [1.54, 1.807) is 11.8 Å². The fraction of sp³-hybridized carbons (Fsp3) is 0.562. The molecular weight excluding hydrogens is 306 g/mol. The van der Waals surface area contributed by atoms with Gasteiger partial charge >= 0.3 is 0 Å². The van der Waals surface area contributed by atoms with E-state index < -0.39 is 0 Å². The van der Waals surface area contributed by atoms with Crippen molar-refractivity contribution in [3.8, 4) is 0 Å². The second-order valence-electron chi connectivity index (χ2n) is 5.02. The summed E-state index contributed by atoms with van der Waals surface area (Å²) in [7, 11) is 0. The van der Waals surface area contributed by atoms with Crippen LogP contribution in [0.4, 0.5) is 0 Å². The van der Waals surface area contributed by atoms with Gasteiger partial charge in [-0.15, -0.1) is 11.8 Å². The summed E-state index contributed by atoms with van der Waals surface area (Å²) in [5.74, 6) is 1.22. The van der Waals surface area contributed by atoms with Gasteiger partial charge in [-0.2, -0.15) is 0 Å². The Morgan fingerprint density at radius 2 is 2.05 bits per heavy atom. The Morgan fingerprint density at radius 3 is 2.67 bits per heavy atom. The van der Waals surface area contributed by atoms with Crippen molar-refractivity contribution in [3.05, 3.63) is 29.3 Å². The molecule has 0 aliphatic carbocycles. The van der Waals surface area contributed by atoms with Crippen LogP contribution in [0.5, 0.6) is 0 Å². The van der Waals surface area contributed by atoms with Gasteiger partial charge in [-0.3, -0.25) is 4.79 Å². The predicted octanol–water partition coefficient (Wildman–Crippen LogP) is 3.74. The van der Waals surface area contributed by atoms with E-state index in [4.69, 9.17) is 16.7 Å². The first-order valence-corrected chi connectivity index (χ1v) is 8.78. The number of aliphatic hydroxyl groups is 1. The molecule has 0 fully saturated rings. The molecule has 1 rings (SSSR count). The van der Waals surface area contributed by atoms with Crippen molar-refractivity contribution in [1.82, 2.24) is 5.32 Å². The molecule has 0 aliphatic rings. The van der Waals surface area contributed by atoms with Crippen LogP contribution in [0.3, 0.4) is 0 Å².